The van der Waals surface area contributed by atoms with Crippen LogP contribution in [0.3, 0.4) is 0 Å². The lowest BCUT2D eigenvalue weighted by Gasteiger charge is -2.27. The molecule has 3 nitrogen and oxygen atoms in total. The second kappa shape index (κ2) is 3.47. The van der Waals surface area contributed by atoms with E-state index in [2.05, 4.69) is 18.7 Å². The number of hydrogen-bond acceptors (Lipinski definition) is 3. The largest absolute Gasteiger partial charge is 0.327 e. The molecule has 3 atom stereocenters. The SMILES string of the molecule is CC(C)(N)CN1C[C@@H]2CCC(N)[C@@H]2C1. The van der Waals surface area contributed by atoms with Crippen LogP contribution in [0.2, 0.25) is 0 Å². The zero-order valence-electron chi connectivity index (χ0n) is 9.37. The second-order valence-electron chi connectivity index (χ2n) is 5.85. The number of likely N-dealkylation sites (tertiary alicyclic amines) is 1. The van der Waals surface area contributed by atoms with Gasteiger partial charge in [-0.3, -0.25) is 0 Å². The van der Waals surface area contributed by atoms with Crippen LogP contribution in [0.4, 0.5) is 0 Å². The van der Waals surface area contributed by atoms with E-state index in [1.165, 1.54) is 25.9 Å². The molecule has 1 aliphatic heterocycles. The van der Waals surface area contributed by atoms with Gasteiger partial charge < -0.3 is 16.4 Å². The molecule has 0 amide bonds. The van der Waals surface area contributed by atoms with Crippen molar-refractivity contribution in [1.29, 1.82) is 0 Å². The zero-order valence-corrected chi connectivity index (χ0v) is 9.37. The summed E-state index contributed by atoms with van der Waals surface area (Å²) in [5, 5.41) is 0. The van der Waals surface area contributed by atoms with Crippen molar-refractivity contribution >= 4 is 0 Å². The van der Waals surface area contributed by atoms with E-state index in [4.69, 9.17) is 11.5 Å². The first-order chi connectivity index (χ1) is 6.46. The predicted molar refractivity (Wildman–Crippen MR) is 58.9 cm³/mol. The molecule has 1 heterocycles. The number of nitrogens with two attached hydrogens (primary N) is 2. The van der Waals surface area contributed by atoms with Gasteiger partial charge in [0.15, 0.2) is 0 Å². The standard InChI is InChI=1S/C11H23N3/c1-11(2,13)7-14-5-8-3-4-10(12)9(8)6-14/h8-10H,3-7,12-13H2,1-2H3/t8-,9+,10?/m0/s1. The Kier molecular flexibility index (Phi) is 2.58. The Balaban J connectivity index is 1.90. The molecule has 0 aromatic heterocycles. The van der Waals surface area contributed by atoms with Gasteiger partial charge in [-0.25, -0.2) is 0 Å². The third-order valence-electron chi connectivity index (χ3n) is 3.62. The van der Waals surface area contributed by atoms with Crippen molar-refractivity contribution in [3.8, 4) is 0 Å². The van der Waals surface area contributed by atoms with Gasteiger partial charge in [0.05, 0.1) is 0 Å². The molecule has 0 aromatic rings. The van der Waals surface area contributed by atoms with Crippen molar-refractivity contribution in [2.24, 2.45) is 23.3 Å². The number of rotatable bonds is 2. The lowest BCUT2D eigenvalue weighted by atomic mass is 9.98. The van der Waals surface area contributed by atoms with Gasteiger partial charge in [0.25, 0.3) is 0 Å². The van der Waals surface area contributed by atoms with Crippen LogP contribution in [0.25, 0.3) is 0 Å². The highest BCUT2D eigenvalue weighted by Crippen LogP contribution is 2.37. The highest BCUT2D eigenvalue weighted by Gasteiger charge is 2.41. The number of fused-ring (bicyclic) bond motifs is 1. The average molecular weight is 197 g/mol. The van der Waals surface area contributed by atoms with E-state index in [-0.39, 0.29) is 5.54 Å². The van der Waals surface area contributed by atoms with Gasteiger partial charge in [0, 0.05) is 31.2 Å². The average Bonchev–Trinajstić information content (AvgIpc) is 2.51. The summed E-state index contributed by atoms with van der Waals surface area (Å²) >= 11 is 0. The van der Waals surface area contributed by atoms with Crippen molar-refractivity contribution in [3.63, 3.8) is 0 Å². The van der Waals surface area contributed by atoms with E-state index in [0.717, 1.165) is 18.4 Å². The number of hydrogen-bond donors (Lipinski definition) is 2. The van der Waals surface area contributed by atoms with E-state index in [0.29, 0.717) is 6.04 Å². The highest BCUT2D eigenvalue weighted by atomic mass is 15.2. The van der Waals surface area contributed by atoms with Crippen LogP contribution >= 0.6 is 0 Å². The van der Waals surface area contributed by atoms with Crippen LogP contribution in [-0.2, 0) is 0 Å². The zero-order chi connectivity index (χ0) is 10.3. The van der Waals surface area contributed by atoms with Crippen molar-refractivity contribution in [2.75, 3.05) is 19.6 Å². The maximum Gasteiger partial charge on any atom is 0.0226 e. The maximum absolute atomic E-state index is 6.09. The van der Waals surface area contributed by atoms with Crippen molar-refractivity contribution in [1.82, 2.24) is 4.90 Å². The molecule has 0 bridgehead atoms. The molecule has 3 heteroatoms. The van der Waals surface area contributed by atoms with Gasteiger partial charge in [0.1, 0.15) is 0 Å². The van der Waals surface area contributed by atoms with Crippen molar-refractivity contribution in [2.45, 2.75) is 38.3 Å². The van der Waals surface area contributed by atoms with Gasteiger partial charge in [-0.15, -0.1) is 0 Å². The fraction of sp³-hybridized carbons (Fsp3) is 1.00. The third kappa shape index (κ3) is 2.10. The molecule has 1 unspecified atom stereocenters. The molecule has 0 aromatic carbocycles. The fourth-order valence-corrected chi connectivity index (χ4v) is 3.11. The summed E-state index contributed by atoms with van der Waals surface area (Å²) in [5.74, 6) is 1.60. The van der Waals surface area contributed by atoms with Crippen LogP contribution in [0, 0.1) is 11.8 Å². The molecular formula is C11H23N3. The van der Waals surface area contributed by atoms with Crippen LogP contribution < -0.4 is 11.5 Å². The van der Waals surface area contributed by atoms with E-state index in [1.54, 1.807) is 0 Å². The molecule has 0 spiro atoms. The lowest BCUT2D eigenvalue weighted by Crippen LogP contribution is -2.45. The van der Waals surface area contributed by atoms with Gasteiger partial charge >= 0.3 is 0 Å². The minimum Gasteiger partial charge on any atom is -0.327 e. The summed E-state index contributed by atoms with van der Waals surface area (Å²) in [6.07, 6.45) is 2.56. The quantitative estimate of drug-likeness (QED) is 0.673. The van der Waals surface area contributed by atoms with E-state index < -0.39 is 0 Å². The minimum atomic E-state index is -0.0667. The predicted octanol–water partition coefficient (Wildman–Crippen LogP) is 0.393. The lowest BCUT2D eigenvalue weighted by molar-refractivity contribution is 0.250. The summed E-state index contributed by atoms with van der Waals surface area (Å²) in [5.41, 5.74) is 12.0. The Morgan fingerprint density at radius 3 is 2.57 bits per heavy atom. The first-order valence-corrected chi connectivity index (χ1v) is 5.72. The van der Waals surface area contributed by atoms with Gasteiger partial charge in [-0.1, -0.05) is 0 Å². The molecule has 82 valence electrons. The molecule has 14 heavy (non-hydrogen) atoms. The maximum atomic E-state index is 6.09. The molecule has 1 aliphatic carbocycles. The molecule has 1 saturated heterocycles. The Hall–Kier alpha value is -0.120. The monoisotopic (exact) mass is 197 g/mol. The molecule has 2 rings (SSSR count). The van der Waals surface area contributed by atoms with Crippen LogP contribution in [0.15, 0.2) is 0 Å². The molecular weight excluding hydrogens is 174 g/mol. The van der Waals surface area contributed by atoms with Crippen LogP contribution in [0.1, 0.15) is 26.7 Å². The third-order valence-corrected chi connectivity index (χ3v) is 3.62. The van der Waals surface area contributed by atoms with E-state index in [9.17, 15) is 0 Å². The van der Waals surface area contributed by atoms with Gasteiger partial charge in [-0.2, -0.15) is 0 Å². The highest BCUT2D eigenvalue weighted by molar-refractivity contribution is 4.96. The fourth-order valence-electron chi connectivity index (χ4n) is 3.11. The Labute approximate surface area is 86.8 Å². The molecule has 4 N–H and O–H groups in total. The topological polar surface area (TPSA) is 55.3 Å². The smallest absolute Gasteiger partial charge is 0.0226 e. The first-order valence-electron chi connectivity index (χ1n) is 5.72. The summed E-state index contributed by atoms with van der Waals surface area (Å²) in [6, 6.07) is 0.450. The van der Waals surface area contributed by atoms with Crippen LogP contribution in [0.5, 0.6) is 0 Å². The summed E-state index contributed by atoms with van der Waals surface area (Å²) < 4.78 is 0. The van der Waals surface area contributed by atoms with Gasteiger partial charge in [-0.05, 0) is 38.5 Å². The number of nitrogens with zero attached hydrogens (tertiary/aromatic N) is 1. The summed E-state index contributed by atoms with van der Waals surface area (Å²) in [7, 11) is 0. The van der Waals surface area contributed by atoms with Crippen LogP contribution in [-0.4, -0.2) is 36.1 Å². The Morgan fingerprint density at radius 1 is 1.29 bits per heavy atom. The summed E-state index contributed by atoms with van der Waals surface area (Å²) in [4.78, 5) is 2.49. The molecule has 0 radical (unpaired) electrons. The molecule has 2 fully saturated rings. The van der Waals surface area contributed by atoms with E-state index in [1.807, 2.05) is 0 Å². The minimum absolute atomic E-state index is 0.0667. The Morgan fingerprint density at radius 2 is 2.00 bits per heavy atom. The first kappa shape index (κ1) is 10.4. The van der Waals surface area contributed by atoms with Crippen molar-refractivity contribution in [3.05, 3.63) is 0 Å². The van der Waals surface area contributed by atoms with Crippen molar-refractivity contribution < 1.29 is 0 Å². The molecule has 1 saturated carbocycles. The summed E-state index contributed by atoms with van der Waals surface area (Å²) in [6.45, 7) is 7.60. The normalized spacial score (nSPS) is 39.0. The second-order valence-corrected chi connectivity index (χ2v) is 5.85. The van der Waals surface area contributed by atoms with Gasteiger partial charge in [0.2, 0.25) is 0 Å². The molecule has 2 aliphatic rings. The van der Waals surface area contributed by atoms with E-state index >= 15 is 0 Å². The Bertz CT molecular complexity index is 209.